The normalized spacial score (nSPS) is 11.2. The van der Waals surface area contributed by atoms with Gasteiger partial charge in [-0.3, -0.25) is 4.72 Å². The van der Waals surface area contributed by atoms with E-state index in [0.29, 0.717) is 16.5 Å². The molecule has 0 atom stereocenters. The van der Waals surface area contributed by atoms with Crippen LogP contribution in [0.4, 0.5) is 5.69 Å². The van der Waals surface area contributed by atoms with Crippen molar-refractivity contribution in [2.75, 3.05) is 11.8 Å². The molecule has 18 heavy (non-hydrogen) atoms. The van der Waals surface area contributed by atoms with Crippen LogP contribution in [0.3, 0.4) is 0 Å². The van der Waals surface area contributed by atoms with Gasteiger partial charge in [-0.15, -0.1) is 11.3 Å². The number of methoxy groups -OCH3 is 1. The van der Waals surface area contributed by atoms with E-state index in [1.807, 2.05) is 0 Å². The molecule has 0 saturated carbocycles. The predicted octanol–water partition coefficient (Wildman–Crippen LogP) is 3.21. The van der Waals surface area contributed by atoms with Gasteiger partial charge in [-0.2, -0.15) is 0 Å². The molecule has 2 rings (SSSR count). The number of thiophene rings is 1. The van der Waals surface area contributed by atoms with E-state index in [1.165, 1.54) is 19.2 Å². The van der Waals surface area contributed by atoms with E-state index < -0.39 is 10.0 Å². The predicted molar refractivity (Wildman–Crippen MR) is 73.1 cm³/mol. The Bertz CT molecular complexity index is 638. The molecule has 4 nitrogen and oxygen atoms in total. The van der Waals surface area contributed by atoms with Crippen LogP contribution in [-0.4, -0.2) is 15.5 Å². The first-order valence-electron chi connectivity index (χ1n) is 4.93. The number of rotatable bonds is 4. The molecule has 96 valence electrons. The molecule has 1 aromatic heterocycles. The second kappa shape index (κ2) is 5.17. The molecule has 0 unspecified atom stereocenters. The van der Waals surface area contributed by atoms with Crippen molar-refractivity contribution in [3.8, 4) is 5.75 Å². The molecule has 0 saturated heterocycles. The largest absolute Gasteiger partial charge is 0.495 e. The number of benzene rings is 1. The lowest BCUT2D eigenvalue weighted by Gasteiger charge is -2.08. The number of ether oxygens (including phenoxy) is 1. The summed E-state index contributed by atoms with van der Waals surface area (Å²) in [6, 6.07) is 7.92. The van der Waals surface area contributed by atoms with Gasteiger partial charge in [0.05, 0.1) is 17.8 Å². The Morgan fingerprint density at radius 3 is 2.67 bits per heavy atom. The fraction of sp³-hybridized carbons (Fsp3) is 0.0909. The van der Waals surface area contributed by atoms with Crippen molar-refractivity contribution in [1.29, 1.82) is 0 Å². The first kappa shape index (κ1) is 13.2. The maximum atomic E-state index is 12.0. The Morgan fingerprint density at radius 2 is 2.11 bits per heavy atom. The van der Waals surface area contributed by atoms with Crippen LogP contribution in [0.2, 0.25) is 5.02 Å². The summed E-state index contributed by atoms with van der Waals surface area (Å²) < 4.78 is 31.6. The molecule has 0 radical (unpaired) electrons. The van der Waals surface area contributed by atoms with Crippen molar-refractivity contribution in [2.24, 2.45) is 0 Å². The molecule has 0 aliphatic heterocycles. The average molecular weight is 304 g/mol. The van der Waals surface area contributed by atoms with Crippen LogP contribution in [0, 0.1) is 0 Å². The zero-order valence-electron chi connectivity index (χ0n) is 9.38. The topological polar surface area (TPSA) is 55.4 Å². The van der Waals surface area contributed by atoms with Gasteiger partial charge in [0, 0.05) is 0 Å². The van der Waals surface area contributed by atoms with Gasteiger partial charge in [0.1, 0.15) is 9.96 Å². The number of anilines is 1. The van der Waals surface area contributed by atoms with Crippen LogP contribution in [-0.2, 0) is 10.0 Å². The molecule has 1 aromatic carbocycles. The van der Waals surface area contributed by atoms with Gasteiger partial charge in [0.15, 0.2) is 0 Å². The average Bonchev–Trinajstić information content (AvgIpc) is 2.82. The zero-order chi connectivity index (χ0) is 13.2. The Morgan fingerprint density at radius 1 is 1.33 bits per heavy atom. The number of sulfonamides is 1. The number of hydrogen-bond acceptors (Lipinski definition) is 4. The lowest BCUT2D eigenvalue weighted by molar-refractivity contribution is 0.415. The molecular weight excluding hydrogens is 294 g/mol. The third-order valence-corrected chi connectivity index (χ3v) is 5.24. The van der Waals surface area contributed by atoms with Crippen molar-refractivity contribution in [3.63, 3.8) is 0 Å². The lowest BCUT2D eigenvalue weighted by atomic mass is 10.3. The minimum absolute atomic E-state index is 0.259. The fourth-order valence-electron chi connectivity index (χ4n) is 1.35. The third kappa shape index (κ3) is 2.77. The minimum Gasteiger partial charge on any atom is -0.495 e. The van der Waals surface area contributed by atoms with Gasteiger partial charge in [-0.05, 0) is 29.6 Å². The van der Waals surface area contributed by atoms with Crippen LogP contribution in [0.5, 0.6) is 5.75 Å². The molecule has 0 amide bonds. The van der Waals surface area contributed by atoms with Crippen molar-refractivity contribution in [2.45, 2.75) is 4.21 Å². The molecule has 0 spiro atoms. The summed E-state index contributed by atoms with van der Waals surface area (Å²) in [7, 11) is -2.04. The molecule has 0 bridgehead atoms. The van der Waals surface area contributed by atoms with Crippen LogP contribution >= 0.6 is 22.9 Å². The molecule has 0 aliphatic carbocycles. The van der Waals surface area contributed by atoms with Crippen molar-refractivity contribution < 1.29 is 13.2 Å². The summed E-state index contributed by atoms with van der Waals surface area (Å²) in [6.45, 7) is 0. The number of halogens is 1. The summed E-state index contributed by atoms with van der Waals surface area (Å²) >= 11 is 7.08. The van der Waals surface area contributed by atoms with E-state index in [-0.39, 0.29) is 4.21 Å². The molecule has 1 heterocycles. The SMILES string of the molecule is COc1ccc(NS(=O)(=O)c2cccs2)cc1Cl. The smallest absolute Gasteiger partial charge is 0.271 e. The maximum absolute atomic E-state index is 12.0. The lowest BCUT2D eigenvalue weighted by Crippen LogP contribution is -2.11. The summed E-state index contributed by atoms with van der Waals surface area (Å²) in [5.74, 6) is 0.496. The second-order valence-corrected chi connectivity index (χ2v) is 6.65. The Hall–Kier alpha value is -1.24. The highest BCUT2D eigenvalue weighted by Crippen LogP contribution is 2.28. The highest BCUT2D eigenvalue weighted by Gasteiger charge is 2.15. The number of nitrogens with one attached hydrogen (secondary N) is 1. The Balaban J connectivity index is 2.27. The highest BCUT2D eigenvalue weighted by molar-refractivity contribution is 7.94. The van der Waals surface area contributed by atoms with Crippen LogP contribution in [0.1, 0.15) is 0 Å². The van der Waals surface area contributed by atoms with E-state index in [9.17, 15) is 8.42 Å². The quantitative estimate of drug-likeness (QED) is 0.943. The maximum Gasteiger partial charge on any atom is 0.271 e. The van der Waals surface area contributed by atoms with E-state index in [4.69, 9.17) is 16.3 Å². The first-order valence-corrected chi connectivity index (χ1v) is 7.67. The molecule has 0 aliphatic rings. The van der Waals surface area contributed by atoms with E-state index in [2.05, 4.69) is 4.72 Å². The van der Waals surface area contributed by atoms with Crippen LogP contribution in [0.15, 0.2) is 39.9 Å². The summed E-state index contributed by atoms with van der Waals surface area (Å²) in [6.07, 6.45) is 0. The molecule has 1 N–H and O–H groups in total. The monoisotopic (exact) mass is 303 g/mol. The zero-order valence-corrected chi connectivity index (χ0v) is 11.8. The molecular formula is C11H10ClNO3S2. The molecule has 2 aromatic rings. The Labute approximate surface area is 114 Å². The summed E-state index contributed by atoms with van der Waals surface area (Å²) in [5, 5.41) is 2.05. The first-order chi connectivity index (χ1) is 8.53. The molecule has 0 fully saturated rings. The number of hydrogen-bond donors (Lipinski definition) is 1. The fourth-order valence-corrected chi connectivity index (χ4v) is 3.65. The second-order valence-electron chi connectivity index (χ2n) is 3.39. The van der Waals surface area contributed by atoms with Crippen molar-refractivity contribution in [1.82, 2.24) is 0 Å². The van der Waals surface area contributed by atoms with Crippen LogP contribution < -0.4 is 9.46 Å². The van der Waals surface area contributed by atoms with Crippen molar-refractivity contribution >= 4 is 38.6 Å². The summed E-state index contributed by atoms with van der Waals surface area (Å²) in [4.78, 5) is 0. The van der Waals surface area contributed by atoms with E-state index in [0.717, 1.165) is 11.3 Å². The van der Waals surface area contributed by atoms with Crippen molar-refractivity contribution in [3.05, 3.63) is 40.7 Å². The van der Waals surface area contributed by atoms with Gasteiger partial charge in [0.2, 0.25) is 0 Å². The highest BCUT2D eigenvalue weighted by atomic mass is 35.5. The van der Waals surface area contributed by atoms with Gasteiger partial charge < -0.3 is 4.74 Å². The summed E-state index contributed by atoms with van der Waals surface area (Å²) in [5.41, 5.74) is 0.397. The van der Waals surface area contributed by atoms with Gasteiger partial charge >= 0.3 is 0 Å². The standard InChI is InChI=1S/C11H10ClNO3S2/c1-16-10-5-4-8(7-9(10)12)13-18(14,15)11-3-2-6-17-11/h2-7,13H,1H3. The van der Waals surface area contributed by atoms with Gasteiger partial charge in [-0.25, -0.2) is 8.42 Å². The third-order valence-electron chi connectivity index (χ3n) is 2.16. The van der Waals surface area contributed by atoms with Crippen LogP contribution in [0.25, 0.3) is 0 Å². The van der Waals surface area contributed by atoms with Gasteiger partial charge in [-0.1, -0.05) is 17.7 Å². The van der Waals surface area contributed by atoms with E-state index in [1.54, 1.807) is 23.6 Å². The Kier molecular flexibility index (Phi) is 3.79. The van der Waals surface area contributed by atoms with Gasteiger partial charge in [0.25, 0.3) is 10.0 Å². The minimum atomic E-state index is -3.54. The van der Waals surface area contributed by atoms with E-state index >= 15 is 0 Å². The molecule has 7 heteroatoms.